The van der Waals surface area contributed by atoms with E-state index in [2.05, 4.69) is 9.88 Å². The minimum atomic E-state index is -0.551. The zero-order chi connectivity index (χ0) is 13.3. The van der Waals surface area contributed by atoms with E-state index in [9.17, 15) is 9.18 Å². The summed E-state index contributed by atoms with van der Waals surface area (Å²) in [5.74, 6) is -0.808. The maximum atomic E-state index is 13.1. The van der Waals surface area contributed by atoms with E-state index in [-0.39, 0.29) is 22.7 Å². The second kappa shape index (κ2) is 5.20. The largest absolute Gasteiger partial charge is 0.336 e. The Morgan fingerprint density at radius 2 is 2.28 bits per heavy atom. The fourth-order valence-corrected chi connectivity index (χ4v) is 2.16. The van der Waals surface area contributed by atoms with Gasteiger partial charge in [0.2, 0.25) is 0 Å². The number of hydrogen-bond acceptors (Lipinski definition) is 3. The molecule has 0 bridgehead atoms. The Hall–Kier alpha value is -1.20. The Kier molecular flexibility index (Phi) is 3.82. The van der Waals surface area contributed by atoms with Crippen LogP contribution >= 0.6 is 11.6 Å². The molecular weight excluding hydrogens is 257 g/mol. The normalized spacial score (nSPS) is 21.1. The molecule has 2 heterocycles. The highest BCUT2D eigenvalue weighted by Crippen LogP contribution is 2.18. The van der Waals surface area contributed by atoms with Crippen LogP contribution < -0.4 is 0 Å². The lowest BCUT2D eigenvalue weighted by Gasteiger charge is -2.37. The van der Waals surface area contributed by atoms with Crippen molar-refractivity contribution in [2.75, 3.05) is 26.7 Å². The fourth-order valence-electron chi connectivity index (χ4n) is 1.98. The third-order valence-corrected chi connectivity index (χ3v) is 3.58. The molecule has 1 aliphatic heterocycles. The van der Waals surface area contributed by atoms with E-state index in [0.717, 1.165) is 18.8 Å². The molecule has 0 N–H and O–H groups in total. The predicted octanol–water partition coefficient (Wildman–Crippen LogP) is 1.65. The van der Waals surface area contributed by atoms with Gasteiger partial charge >= 0.3 is 0 Å². The number of aromatic nitrogens is 1. The third-order valence-electron chi connectivity index (χ3n) is 3.28. The summed E-state index contributed by atoms with van der Waals surface area (Å²) in [5, 5.41) is 0.0491. The van der Waals surface area contributed by atoms with Crippen LogP contribution in [0.2, 0.25) is 5.15 Å². The highest BCUT2D eigenvalue weighted by atomic mass is 35.5. The summed E-state index contributed by atoms with van der Waals surface area (Å²) in [6, 6.07) is 1.42. The number of halogens is 2. The van der Waals surface area contributed by atoms with Crippen LogP contribution in [0.15, 0.2) is 12.3 Å². The standard InChI is InChI=1S/C12H15ClFN3O/c1-8-7-17(4-3-16(8)2)12(18)10-5-9(14)6-15-11(10)13/h5-6,8H,3-4,7H2,1-2H3. The average Bonchev–Trinajstić information content (AvgIpc) is 2.35. The Balaban J connectivity index is 2.19. The first-order chi connectivity index (χ1) is 8.49. The van der Waals surface area contributed by atoms with E-state index in [4.69, 9.17) is 11.6 Å². The first kappa shape index (κ1) is 13.2. The molecule has 98 valence electrons. The van der Waals surface area contributed by atoms with Gasteiger partial charge < -0.3 is 9.80 Å². The van der Waals surface area contributed by atoms with Crippen molar-refractivity contribution >= 4 is 17.5 Å². The van der Waals surface area contributed by atoms with Crippen molar-refractivity contribution in [3.63, 3.8) is 0 Å². The molecule has 1 amide bonds. The molecule has 18 heavy (non-hydrogen) atoms. The third kappa shape index (κ3) is 2.62. The second-order valence-electron chi connectivity index (χ2n) is 4.57. The lowest BCUT2D eigenvalue weighted by molar-refractivity contribution is 0.0571. The first-order valence-electron chi connectivity index (χ1n) is 5.79. The fraction of sp³-hybridized carbons (Fsp3) is 0.500. The molecule has 1 atom stereocenters. The van der Waals surface area contributed by atoms with Gasteiger partial charge in [-0.05, 0) is 20.0 Å². The molecule has 4 nitrogen and oxygen atoms in total. The zero-order valence-corrected chi connectivity index (χ0v) is 11.1. The molecule has 1 unspecified atom stereocenters. The van der Waals surface area contributed by atoms with Crippen LogP contribution in [0.25, 0.3) is 0 Å². The highest BCUT2D eigenvalue weighted by Gasteiger charge is 2.26. The van der Waals surface area contributed by atoms with Gasteiger partial charge in [0.05, 0.1) is 11.8 Å². The minimum absolute atomic E-state index is 0.0491. The molecule has 0 aliphatic carbocycles. The van der Waals surface area contributed by atoms with Gasteiger partial charge in [-0.25, -0.2) is 9.37 Å². The van der Waals surface area contributed by atoms with E-state index >= 15 is 0 Å². The summed E-state index contributed by atoms with van der Waals surface area (Å²) in [4.78, 5) is 19.8. The Bertz CT molecular complexity index is 469. The predicted molar refractivity (Wildman–Crippen MR) is 67.2 cm³/mol. The molecule has 1 saturated heterocycles. The lowest BCUT2D eigenvalue weighted by Crippen LogP contribution is -2.52. The summed E-state index contributed by atoms with van der Waals surface area (Å²) < 4.78 is 13.1. The maximum Gasteiger partial charge on any atom is 0.257 e. The molecule has 1 aliphatic rings. The number of likely N-dealkylation sites (N-methyl/N-ethyl adjacent to an activating group) is 1. The van der Waals surface area contributed by atoms with Crippen LogP contribution in [0.5, 0.6) is 0 Å². The number of carbonyl (C=O) groups is 1. The Morgan fingerprint density at radius 3 is 2.94 bits per heavy atom. The van der Waals surface area contributed by atoms with Crippen molar-refractivity contribution < 1.29 is 9.18 Å². The van der Waals surface area contributed by atoms with Gasteiger partial charge in [0, 0.05) is 25.7 Å². The van der Waals surface area contributed by atoms with E-state index in [1.54, 1.807) is 4.90 Å². The summed E-state index contributed by atoms with van der Waals surface area (Å²) in [6.45, 7) is 4.08. The lowest BCUT2D eigenvalue weighted by atomic mass is 10.1. The van der Waals surface area contributed by atoms with Crippen LogP contribution in [0.4, 0.5) is 4.39 Å². The van der Waals surface area contributed by atoms with Crippen LogP contribution in [-0.2, 0) is 0 Å². The second-order valence-corrected chi connectivity index (χ2v) is 4.93. The number of rotatable bonds is 1. The number of pyridine rings is 1. The van der Waals surface area contributed by atoms with E-state index in [1.165, 1.54) is 0 Å². The van der Waals surface area contributed by atoms with Crippen LogP contribution in [0, 0.1) is 5.82 Å². The number of amides is 1. The SMILES string of the molecule is CC1CN(C(=O)c2cc(F)cnc2Cl)CCN1C. The van der Waals surface area contributed by atoms with Crippen molar-refractivity contribution in [2.45, 2.75) is 13.0 Å². The Morgan fingerprint density at radius 1 is 1.56 bits per heavy atom. The van der Waals surface area contributed by atoms with E-state index in [1.807, 2.05) is 14.0 Å². The van der Waals surface area contributed by atoms with Crippen molar-refractivity contribution in [1.29, 1.82) is 0 Å². The summed E-state index contributed by atoms with van der Waals surface area (Å²) in [5.41, 5.74) is 0.133. The number of carbonyl (C=O) groups excluding carboxylic acids is 1. The Labute approximate surface area is 110 Å². The highest BCUT2D eigenvalue weighted by molar-refractivity contribution is 6.32. The van der Waals surface area contributed by atoms with Gasteiger partial charge in [0.1, 0.15) is 11.0 Å². The van der Waals surface area contributed by atoms with E-state index in [0.29, 0.717) is 13.1 Å². The van der Waals surface area contributed by atoms with Gasteiger partial charge in [-0.1, -0.05) is 11.6 Å². The van der Waals surface area contributed by atoms with Crippen molar-refractivity contribution in [3.8, 4) is 0 Å². The van der Waals surface area contributed by atoms with Gasteiger partial charge in [-0.2, -0.15) is 0 Å². The first-order valence-corrected chi connectivity index (χ1v) is 6.17. The van der Waals surface area contributed by atoms with Crippen molar-refractivity contribution in [1.82, 2.24) is 14.8 Å². The topological polar surface area (TPSA) is 36.4 Å². The van der Waals surface area contributed by atoms with Gasteiger partial charge in [-0.15, -0.1) is 0 Å². The molecule has 1 aromatic heterocycles. The molecule has 1 aromatic rings. The van der Waals surface area contributed by atoms with E-state index < -0.39 is 5.82 Å². The number of nitrogens with zero attached hydrogens (tertiary/aromatic N) is 3. The molecule has 1 fully saturated rings. The van der Waals surface area contributed by atoms with Crippen molar-refractivity contribution in [2.24, 2.45) is 0 Å². The summed E-state index contributed by atoms with van der Waals surface area (Å²) in [7, 11) is 2.02. The monoisotopic (exact) mass is 271 g/mol. The van der Waals surface area contributed by atoms with Crippen LogP contribution in [0.1, 0.15) is 17.3 Å². The van der Waals surface area contributed by atoms with Crippen LogP contribution in [-0.4, -0.2) is 53.4 Å². The zero-order valence-electron chi connectivity index (χ0n) is 10.4. The molecule has 0 spiro atoms. The molecule has 6 heteroatoms. The number of hydrogen-bond donors (Lipinski definition) is 0. The smallest absolute Gasteiger partial charge is 0.257 e. The van der Waals surface area contributed by atoms with Gasteiger partial charge in [0.25, 0.3) is 5.91 Å². The van der Waals surface area contributed by atoms with Gasteiger partial charge in [-0.3, -0.25) is 4.79 Å². The maximum absolute atomic E-state index is 13.1. The van der Waals surface area contributed by atoms with Crippen LogP contribution in [0.3, 0.4) is 0 Å². The molecule has 0 saturated carbocycles. The minimum Gasteiger partial charge on any atom is -0.336 e. The molecular formula is C12H15ClFN3O. The number of piperazine rings is 1. The van der Waals surface area contributed by atoms with Gasteiger partial charge in [0.15, 0.2) is 0 Å². The molecule has 0 aromatic carbocycles. The summed E-state index contributed by atoms with van der Waals surface area (Å²) in [6.07, 6.45) is 1.01. The molecule has 2 rings (SSSR count). The van der Waals surface area contributed by atoms with Crippen molar-refractivity contribution in [3.05, 3.63) is 28.8 Å². The summed E-state index contributed by atoms with van der Waals surface area (Å²) >= 11 is 5.84. The molecule has 0 radical (unpaired) electrons. The average molecular weight is 272 g/mol. The quantitative estimate of drug-likeness (QED) is 0.729.